The highest BCUT2D eigenvalue weighted by molar-refractivity contribution is 6.06. The molecule has 24 heavy (non-hydrogen) atoms. The second kappa shape index (κ2) is 5.88. The molecule has 1 aromatic carbocycles. The lowest BCUT2D eigenvalue weighted by Gasteiger charge is -2.39. The summed E-state index contributed by atoms with van der Waals surface area (Å²) in [5, 5.41) is 2.92. The van der Waals surface area contributed by atoms with E-state index in [4.69, 9.17) is 0 Å². The van der Waals surface area contributed by atoms with Gasteiger partial charge in [0.15, 0.2) is 0 Å². The van der Waals surface area contributed by atoms with E-state index >= 15 is 0 Å². The van der Waals surface area contributed by atoms with Crippen LogP contribution in [0.2, 0.25) is 0 Å². The van der Waals surface area contributed by atoms with E-state index in [-0.39, 0.29) is 11.9 Å². The van der Waals surface area contributed by atoms with Crippen molar-refractivity contribution < 1.29 is 9.59 Å². The van der Waals surface area contributed by atoms with E-state index in [0.29, 0.717) is 5.92 Å². The van der Waals surface area contributed by atoms with Crippen molar-refractivity contribution in [3.63, 3.8) is 0 Å². The van der Waals surface area contributed by atoms with E-state index in [1.54, 1.807) is 7.05 Å². The maximum Gasteiger partial charge on any atom is 0.324 e. The molecule has 2 aliphatic heterocycles. The number of likely N-dealkylation sites (N-methyl/N-ethyl adjacent to an activating group) is 1. The Morgan fingerprint density at radius 2 is 1.88 bits per heavy atom. The molecule has 3 amide bonds. The second-order valence-corrected chi connectivity index (χ2v) is 7.55. The van der Waals surface area contributed by atoms with Gasteiger partial charge in [0, 0.05) is 26.7 Å². The van der Waals surface area contributed by atoms with Crippen LogP contribution in [-0.2, 0) is 17.6 Å². The first-order chi connectivity index (χ1) is 11.6. The molecule has 0 aromatic heterocycles. The van der Waals surface area contributed by atoms with Crippen LogP contribution in [-0.4, -0.2) is 54.0 Å². The predicted molar refractivity (Wildman–Crippen MR) is 91.7 cm³/mol. The Bertz CT molecular complexity index is 664. The van der Waals surface area contributed by atoms with Gasteiger partial charge in [-0.2, -0.15) is 0 Å². The summed E-state index contributed by atoms with van der Waals surface area (Å²) in [6.45, 7) is 2.87. The van der Waals surface area contributed by atoms with Crippen molar-refractivity contribution in [2.75, 3.05) is 26.7 Å². The first kappa shape index (κ1) is 15.6. The van der Waals surface area contributed by atoms with Gasteiger partial charge in [0.1, 0.15) is 5.54 Å². The molecule has 2 saturated heterocycles. The van der Waals surface area contributed by atoms with Crippen LogP contribution in [0.3, 0.4) is 0 Å². The SMILES string of the molecule is CN1C(=O)NC2(CCN(CC3CCc4ccccc4C3)CC2)C1=O. The third-order valence-corrected chi connectivity index (χ3v) is 6.04. The third-order valence-electron chi connectivity index (χ3n) is 6.04. The smallest absolute Gasteiger partial charge is 0.323 e. The molecule has 1 atom stereocenters. The molecule has 128 valence electrons. The van der Waals surface area contributed by atoms with E-state index in [1.165, 1.54) is 28.9 Å². The van der Waals surface area contributed by atoms with Crippen molar-refractivity contribution >= 4 is 11.9 Å². The summed E-state index contributed by atoms with van der Waals surface area (Å²) in [6, 6.07) is 8.53. The van der Waals surface area contributed by atoms with Crippen molar-refractivity contribution in [2.45, 2.75) is 37.6 Å². The lowest BCUT2D eigenvalue weighted by Crippen LogP contribution is -2.55. The van der Waals surface area contributed by atoms with Crippen LogP contribution in [0.1, 0.15) is 30.4 Å². The molecule has 1 spiro atoms. The number of carbonyl (C=O) groups excluding carboxylic acids is 2. The fraction of sp³-hybridized carbons (Fsp3) is 0.579. The molecule has 0 saturated carbocycles. The minimum absolute atomic E-state index is 0.0567. The minimum Gasteiger partial charge on any atom is -0.323 e. The number of carbonyl (C=O) groups is 2. The average molecular weight is 327 g/mol. The van der Waals surface area contributed by atoms with E-state index < -0.39 is 5.54 Å². The van der Waals surface area contributed by atoms with Gasteiger partial charge in [-0.1, -0.05) is 24.3 Å². The number of urea groups is 1. The number of imide groups is 1. The van der Waals surface area contributed by atoms with Crippen molar-refractivity contribution in [1.29, 1.82) is 0 Å². The van der Waals surface area contributed by atoms with Crippen molar-refractivity contribution in [2.24, 2.45) is 5.92 Å². The molecule has 5 nitrogen and oxygen atoms in total. The maximum atomic E-state index is 12.4. The normalized spacial score (nSPS) is 26.5. The topological polar surface area (TPSA) is 52.7 Å². The van der Waals surface area contributed by atoms with Crippen LogP contribution in [0, 0.1) is 5.92 Å². The molecule has 0 bridgehead atoms. The van der Waals surface area contributed by atoms with Gasteiger partial charge in [0.05, 0.1) is 0 Å². The average Bonchev–Trinajstić information content (AvgIpc) is 2.81. The summed E-state index contributed by atoms with van der Waals surface area (Å²) in [5.74, 6) is 0.643. The number of aryl methyl sites for hydroxylation is 1. The van der Waals surface area contributed by atoms with E-state index in [0.717, 1.165) is 38.9 Å². The summed E-state index contributed by atoms with van der Waals surface area (Å²) in [7, 11) is 1.57. The van der Waals surface area contributed by atoms with E-state index in [1.807, 2.05) is 0 Å². The van der Waals surface area contributed by atoms with Crippen LogP contribution in [0.4, 0.5) is 4.79 Å². The molecule has 1 aromatic rings. The first-order valence-corrected chi connectivity index (χ1v) is 8.97. The van der Waals surface area contributed by atoms with E-state index in [9.17, 15) is 9.59 Å². The lowest BCUT2D eigenvalue weighted by molar-refractivity contribution is -0.132. The zero-order valence-electron chi connectivity index (χ0n) is 14.3. The van der Waals surface area contributed by atoms with Crippen LogP contribution in [0.25, 0.3) is 0 Å². The first-order valence-electron chi connectivity index (χ1n) is 8.97. The number of nitrogens with zero attached hydrogens (tertiary/aromatic N) is 2. The number of piperidine rings is 1. The number of rotatable bonds is 2. The Kier molecular flexibility index (Phi) is 3.83. The van der Waals surface area contributed by atoms with Crippen LogP contribution in [0.5, 0.6) is 0 Å². The van der Waals surface area contributed by atoms with Crippen molar-refractivity contribution in [3.8, 4) is 0 Å². The monoisotopic (exact) mass is 327 g/mol. The number of benzene rings is 1. The minimum atomic E-state index is -0.637. The van der Waals surface area contributed by atoms with Crippen LogP contribution in [0.15, 0.2) is 24.3 Å². The standard InChI is InChI=1S/C19H25N3O2/c1-21-17(23)19(20-18(21)24)8-10-22(11-9-19)13-14-6-7-15-4-2-3-5-16(15)12-14/h2-5,14H,6-13H2,1H3,(H,20,24). The Hall–Kier alpha value is -1.88. The van der Waals surface area contributed by atoms with E-state index in [2.05, 4.69) is 34.5 Å². The highest BCUT2D eigenvalue weighted by atomic mass is 16.2. The molecule has 2 fully saturated rings. The Labute approximate surface area is 143 Å². The summed E-state index contributed by atoms with van der Waals surface area (Å²) < 4.78 is 0. The van der Waals surface area contributed by atoms with Crippen LogP contribution < -0.4 is 5.32 Å². The van der Waals surface area contributed by atoms with Gasteiger partial charge < -0.3 is 10.2 Å². The molecule has 0 radical (unpaired) electrons. The quantitative estimate of drug-likeness (QED) is 0.843. The number of likely N-dealkylation sites (tertiary alicyclic amines) is 1. The number of hydrogen-bond donors (Lipinski definition) is 1. The Morgan fingerprint density at radius 3 is 2.54 bits per heavy atom. The number of hydrogen-bond acceptors (Lipinski definition) is 3. The predicted octanol–water partition coefficient (Wildman–Crippen LogP) is 1.81. The third kappa shape index (κ3) is 2.61. The summed E-state index contributed by atoms with van der Waals surface area (Å²) in [4.78, 5) is 27.8. The fourth-order valence-corrected chi connectivity index (χ4v) is 4.51. The molecule has 5 heteroatoms. The van der Waals surface area contributed by atoms with Crippen molar-refractivity contribution in [3.05, 3.63) is 35.4 Å². The number of amides is 3. The van der Waals surface area contributed by atoms with Crippen molar-refractivity contribution in [1.82, 2.24) is 15.1 Å². The van der Waals surface area contributed by atoms with Gasteiger partial charge in [-0.05, 0) is 49.1 Å². The zero-order chi connectivity index (χ0) is 16.7. The molecule has 1 aliphatic carbocycles. The van der Waals surface area contributed by atoms with Gasteiger partial charge in [0.25, 0.3) is 5.91 Å². The summed E-state index contributed by atoms with van der Waals surface area (Å²) in [6.07, 6.45) is 5.04. The van der Waals surface area contributed by atoms with Gasteiger partial charge >= 0.3 is 6.03 Å². The zero-order valence-corrected chi connectivity index (χ0v) is 14.3. The van der Waals surface area contributed by atoms with Crippen LogP contribution >= 0.6 is 0 Å². The fourth-order valence-electron chi connectivity index (χ4n) is 4.51. The lowest BCUT2D eigenvalue weighted by atomic mass is 9.82. The highest BCUT2D eigenvalue weighted by Crippen LogP contribution is 2.31. The van der Waals surface area contributed by atoms with Gasteiger partial charge in [0.2, 0.25) is 0 Å². The van der Waals surface area contributed by atoms with Gasteiger partial charge in [-0.15, -0.1) is 0 Å². The second-order valence-electron chi connectivity index (χ2n) is 7.55. The largest absolute Gasteiger partial charge is 0.324 e. The Morgan fingerprint density at radius 1 is 1.17 bits per heavy atom. The molecular formula is C19H25N3O2. The molecule has 2 heterocycles. The molecule has 3 aliphatic rings. The maximum absolute atomic E-state index is 12.4. The highest BCUT2D eigenvalue weighted by Gasteiger charge is 2.50. The molecule has 4 rings (SSSR count). The summed E-state index contributed by atoms with van der Waals surface area (Å²) in [5.41, 5.74) is 2.37. The Balaban J connectivity index is 1.35. The number of fused-ring (bicyclic) bond motifs is 1. The molecular weight excluding hydrogens is 302 g/mol. The molecule has 1 N–H and O–H groups in total. The molecule has 1 unspecified atom stereocenters. The van der Waals surface area contributed by atoms with Gasteiger partial charge in [-0.25, -0.2) is 4.79 Å². The van der Waals surface area contributed by atoms with Gasteiger partial charge in [-0.3, -0.25) is 9.69 Å². The summed E-state index contributed by atoms with van der Waals surface area (Å²) >= 11 is 0. The number of nitrogens with one attached hydrogen (secondary N) is 1.